The fraction of sp³-hybridized carbons (Fsp3) is 0.400. The van der Waals surface area contributed by atoms with Crippen LogP contribution in [0.1, 0.15) is 5.56 Å². The maximum Gasteiger partial charge on any atom is 0.150 e. The Hall–Kier alpha value is -1.72. The molecular formula is C15H19ClN4O. The van der Waals surface area contributed by atoms with Crippen molar-refractivity contribution in [3.63, 3.8) is 0 Å². The minimum Gasteiger partial charge on any atom is -0.497 e. The number of aromatic nitrogens is 2. The zero-order valence-electron chi connectivity index (χ0n) is 12.1. The third-order valence-electron chi connectivity index (χ3n) is 3.71. The van der Waals surface area contributed by atoms with E-state index in [2.05, 4.69) is 15.3 Å². The smallest absolute Gasteiger partial charge is 0.150 e. The van der Waals surface area contributed by atoms with Gasteiger partial charge in [-0.15, -0.1) is 0 Å². The molecule has 1 fully saturated rings. The van der Waals surface area contributed by atoms with Crippen molar-refractivity contribution < 1.29 is 4.74 Å². The van der Waals surface area contributed by atoms with Crippen molar-refractivity contribution in [1.29, 1.82) is 0 Å². The zero-order valence-corrected chi connectivity index (χ0v) is 12.8. The largest absolute Gasteiger partial charge is 0.497 e. The highest BCUT2D eigenvalue weighted by Gasteiger charge is 2.17. The molecule has 0 spiro atoms. The zero-order chi connectivity index (χ0) is 14.7. The summed E-state index contributed by atoms with van der Waals surface area (Å²) in [5.74, 6) is 0.854. The van der Waals surface area contributed by atoms with Gasteiger partial charge in [0.15, 0.2) is 5.15 Å². The predicted molar refractivity (Wildman–Crippen MR) is 84.4 cm³/mol. The van der Waals surface area contributed by atoms with Crippen LogP contribution in [0.15, 0.2) is 30.5 Å². The van der Waals surface area contributed by atoms with E-state index in [9.17, 15) is 0 Å². The Labute approximate surface area is 129 Å². The van der Waals surface area contributed by atoms with E-state index >= 15 is 0 Å². The van der Waals surface area contributed by atoms with Crippen molar-refractivity contribution in [3.05, 3.63) is 41.2 Å². The number of rotatable bonds is 4. The van der Waals surface area contributed by atoms with Crippen LogP contribution in [0, 0.1) is 0 Å². The first-order valence-corrected chi connectivity index (χ1v) is 7.45. The van der Waals surface area contributed by atoms with Crippen LogP contribution in [0.25, 0.3) is 0 Å². The average molecular weight is 307 g/mol. The van der Waals surface area contributed by atoms with Crippen molar-refractivity contribution in [3.8, 4) is 5.75 Å². The molecule has 0 bridgehead atoms. The van der Waals surface area contributed by atoms with Gasteiger partial charge in [-0.05, 0) is 17.7 Å². The van der Waals surface area contributed by atoms with Gasteiger partial charge in [0.25, 0.3) is 0 Å². The molecule has 0 saturated carbocycles. The molecule has 1 aliphatic rings. The Bertz CT molecular complexity index is 590. The van der Waals surface area contributed by atoms with Crippen molar-refractivity contribution in [2.24, 2.45) is 0 Å². The number of methoxy groups -OCH3 is 1. The molecule has 1 aliphatic heterocycles. The summed E-state index contributed by atoms with van der Waals surface area (Å²) in [6, 6.07) is 7.95. The Balaban J connectivity index is 1.74. The molecule has 5 nitrogen and oxygen atoms in total. The van der Waals surface area contributed by atoms with E-state index in [4.69, 9.17) is 16.3 Å². The summed E-state index contributed by atoms with van der Waals surface area (Å²) in [5.41, 5.74) is 2.17. The number of anilines is 1. The topological polar surface area (TPSA) is 42.3 Å². The number of nitrogens with zero attached hydrogens (tertiary/aromatic N) is 3. The van der Waals surface area contributed by atoms with Gasteiger partial charge in [-0.1, -0.05) is 23.7 Å². The van der Waals surface area contributed by atoms with Gasteiger partial charge in [0.2, 0.25) is 0 Å². The molecule has 2 heterocycles. The van der Waals surface area contributed by atoms with Crippen molar-refractivity contribution in [2.45, 2.75) is 6.54 Å². The van der Waals surface area contributed by atoms with Crippen LogP contribution in [-0.4, -0.2) is 43.1 Å². The molecule has 6 heteroatoms. The highest BCUT2D eigenvalue weighted by Crippen LogP contribution is 2.26. The van der Waals surface area contributed by atoms with Crippen molar-refractivity contribution >= 4 is 17.3 Å². The van der Waals surface area contributed by atoms with Crippen molar-refractivity contribution in [1.82, 2.24) is 15.1 Å². The Morgan fingerprint density at radius 1 is 1.24 bits per heavy atom. The number of ether oxygens (including phenoxy) is 1. The second-order valence-electron chi connectivity index (χ2n) is 5.06. The summed E-state index contributed by atoms with van der Waals surface area (Å²) in [5, 5.41) is 8.46. The van der Waals surface area contributed by atoms with E-state index in [1.807, 2.05) is 35.1 Å². The van der Waals surface area contributed by atoms with E-state index in [0.717, 1.165) is 43.2 Å². The number of benzene rings is 1. The lowest BCUT2D eigenvalue weighted by molar-refractivity contribution is 0.414. The maximum atomic E-state index is 6.48. The number of nitrogens with one attached hydrogen (secondary N) is 1. The monoisotopic (exact) mass is 306 g/mol. The molecule has 0 unspecified atom stereocenters. The number of hydrogen-bond donors (Lipinski definition) is 1. The molecule has 21 heavy (non-hydrogen) atoms. The molecule has 0 amide bonds. The fourth-order valence-electron chi connectivity index (χ4n) is 2.49. The first-order valence-electron chi connectivity index (χ1n) is 7.08. The Kier molecular flexibility index (Phi) is 4.31. The SMILES string of the molecule is COc1ccc(Cn2ncc(N3CCNCC3)c2Cl)cc1. The minimum atomic E-state index is 0.662. The lowest BCUT2D eigenvalue weighted by Crippen LogP contribution is -2.43. The number of hydrogen-bond acceptors (Lipinski definition) is 4. The van der Waals surface area contributed by atoms with E-state index in [1.54, 1.807) is 7.11 Å². The van der Waals surface area contributed by atoms with Crippen LogP contribution in [0.4, 0.5) is 5.69 Å². The summed E-state index contributed by atoms with van der Waals surface area (Å²) in [6.45, 7) is 4.57. The molecule has 0 atom stereocenters. The predicted octanol–water partition coefficient (Wildman–Crippen LogP) is 2.00. The quantitative estimate of drug-likeness (QED) is 0.938. The van der Waals surface area contributed by atoms with E-state index in [1.165, 1.54) is 0 Å². The molecule has 1 aromatic heterocycles. The molecule has 3 rings (SSSR count). The van der Waals surface area contributed by atoms with Crippen LogP contribution < -0.4 is 15.0 Å². The van der Waals surface area contributed by atoms with E-state index in [-0.39, 0.29) is 0 Å². The summed E-state index contributed by atoms with van der Waals surface area (Å²) >= 11 is 6.48. The molecule has 0 radical (unpaired) electrons. The highest BCUT2D eigenvalue weighted by molar-refractivity contribution is 6.32. The minimum absolute atomic E-state index is 0.662. The lowest BCUT2D eigenvalue weighted by Gasteiger charge is -2.28. The van der Waals surface area contributed by atoms with Gasteiger partial charge in [-0.2, -0.15) is 5.10 Å². The maximum absolute atomic E-state index is 6.48. The van der Waals surface area contributed by atoms with Gasteiger partial charge in [-0.3, -0.25) is 0 Å². The first-order chi connectivity index (χ1) is 10.3. The summed E-state index contributed by atoms with van der Waals surface area (Å²) in [6.07, 6.45) is 1.86. The van der Waals surface area contributed by atoms with Crippen LogP contribution in [0.2, 0.25) is 5.15 Å². The van der Waals surface area contributed by atoms with Crippen LogP contribution in [-0.2, 0) is 6.54 Å². The second-order valence-corrected chi connectivity index (χ2v) is 5.42. The third kappa shape index (κ3) is 3.14. The Morgan fingerprint density at radius 3 is 2.62 bits per heavy atom. The summed E-state index contributed by atoms with van der Waals surface area (Å²) in [7, 11) is 1.67. The molecule has 1 saturated heterocycles. The Morgan fingerprint density at radius 2 is 1.95 bits per heavy atom. The number of piperazine rings is 1. The fourth-order valence-corrected chi connectivity index (χ4v) is 2.76. The highest BCUT2D eigenvalue weighted by atomic mass is 35.5. The molecule has 1 aromatic carbocycles. The van der Waals surface area contributed by atoms with Gasteiger partial charge < -0.3 is 15.0 Å². The van der Waals surface area contributed by atoms with E-state index < -0.39 is 0 Å². The van der Waals surface area contributed by atoms with E-state index in [0.29, 0.717) is 11.7 Å². The van der Waals surface area contributed by atoms with Crippen molar-refractivity contribution in [2.75, 3.05) is 38.2 Å². The second kappa shape index (κ2) is 6.37. The third-order valence-corrected chi connectivity index (χ3v) is 4.10. The standard InChI is InChI=1S/C15H19ClN4O/c1-21-13-4-2-12(3-5-13)11-20-15(16)14(10-18-20)19-8-6-17-7-9-19/h2-5,10,17H,6-9,11H2,1H3. The summed E-state index contributed by atoms with van der Waals surface area (Å²) in [4.78, 5) is 2.27. The molecular weight excluding hydrogens is 288 g/mol. The number of halogens is 1. The van der Waals surface area contributed by atoms with Gasteiger partial charge >= 0.3 is 0 Å². The van der Waals surface area contributed by atoms with Gasteiger partial charge in [0, 0.05) is 26.2 Å². The molecule has 112 valence electrons. The molecule has 2 aromatic rings. The molecule has 1 N–H and O–H groups in total. The summed E-state index contributed by atoms with van der Waals surface area (Å²) < 4.78 is 7.00. The normalized spacial score (nSPS) is 15.2. The average Bonchev–Trinajstić information content (AvgIpc) is 2.90. The van der Waals surface area contributed by atoms with Crippen LogP contribution >= 0.6 is 11.6 Å². The van der Waals surface area contributed by atoms with Gasteiger partial charge in [-0.25, -0.2) is 4.68 Å². The first kappa shape index (κ1) is 14.2. The van der Waals surface area contributed by atoms with Crippen LogP contribution in [0.3, 0.4) is 0 Å². The lowest BCUT2D eigenvalue weighted by atomic mass is 10.2. The van der Waals surface area contributed by atoms with Gasteiger partial charge in [0.1, 0.15) is 5.75 Å². The van der Waals surface area contributed by atoms with Crippen LogP contribution in [0.5, 0.6) is 5.75 Å². The van der Waals surface area contributed by atoms with Gasteiger partial charge in [0.05, 0.1) is 25.5 Å². The molecule has 0 aliphatic carbocycles.